The molecule has 0 radical (unpaired) electrons. The van der Waals surface area contributed by atoms with Gasteiger partial charge in [0, 0.05) is 5.69 Å². The molecule has 0 bridgehead atoms. The molecule has 0 aliphatic heterocycles. The molecule has 7 nitrogen and oxygen atoms in total. The zero-order valence-corrected chi connectivity index (χ0v) is 15.3. The van der Waals surface area contributed by atoms with Crippen molar-refractivity contribution >= 4 is 33.3 Å². The average molecular weight is 376 g/mol. The SMILES string of the molecule is Cc1ccccc1N(CC(=O)OCC(=O)Nc1ccccc1)S(C)(=O)=O. The Morgan fingerprint density at radius 1 is 1.04 bits per heavy atom. The van der Waals surface area contributed by atoms with Gasteiger partial charge in [-0.2, -0.15) is 0 Å². The zero-order valence-electron chi connectivity index (χ0n) is 14.5. The predicted molar refractivity (Wildman–Crippen MR) is 99.4 cm³/mol. The summed E-state index contributed by atoms with van der Waals surface area (Å²) in [5, 5.41) is 2.57. The predicted octanol–water partition coefficient (Wildman–Crippen LogP) is 1.94. The van der Waals surface area contributed by atoms with E-state index in [0.717, 1.165) is 10.6 Å². The molecule has 0 heterocycles. The van der Waals surface area contributed by atoms with Crippen LogP contribution < -0.4 is 9.62 Å². The summed E-state index contributed by atoms with van der Waals surface area (Å²) in [7, 11) is -3.69. The Labute approximate surface area is 152 Å². The number of benzene rings is 2. The van der Waals surface area contributed by atoms with Gasteiger partial charge in [0.25, 0.3) is 5.91 Å². The second-order valence-electron chi connectivity index (χ2n) is 5.63. The van der Waals surface area contributed by atoms with Crippen LogP contribution in [-0.4, -0.2) is 39.7 Å². The number of sulfonamides is 1. The fourth-order valence-corrected chi connectivity index (χ4v) is 3.15. The van der Waals surface area contributed by atoms with Gasteiger partial charge < -0.3 is 10.1 Å². The smallest absolute Gasteiger partial charge is 0.327 e. The molecule has 1 amide bonds. The van der Waals surface area contributed by atoms with Gasteiger partial charge in [-0.3, -0.25) is 13.9 Å². The highest BCUT2D eigenvalue weighted by molar-refractivity contribution is 7.92. The molecular formula is C18H20N2O5S. The highest BCUT2D eigenvalue weighted by atomic mass is 32.2. The molecule has 0 atom stereocenters. The van der Waals surface area contributed by atoms with Gasteiger partial charge in [0.2, 0.25) is 10.0 Å². The third kappa shape index (κ3) is 5.59. The summed E-state index contributed by atoms with van der Waals surface area (Å²) < 4.78 is 29.9. The molecule has 1 N–H and O–H groups in total. The molecule has 0 saturated heterocycles. The van der Waals surface area contributed by atoms with Gasteiger partial charge in [0.15, 0.2) is 6.61 Å². The third-order valence-corrected chi connectivity index (χ3v) is 4.61. The van der Waals surface area contributed by atoms with Crippen molar-refractivity contribution in [2.75, 3.05) is 29.0 Å². The normalized spacial score (nSPS) is 10.8. The zero-order chi connectivity index (χ0) is 19.2. The van der Waals surface area contributed by atoms with Gasteiger partial charge in [0.1, 0.15) is 6.54 Å². The lowest BCUT2D eigenvalue weighted by Gasteiger charge is -2.23. The van der Waals surface area contributed by atoms with E-state index in [1.54, 1.807) is 61.5 Å². The van der Waals surface area contributed by atoms with E-state index in [1.807, 2.05) is 0 Å². The number of carbonyl (C=O) groups excluding carboxylic acids is 2. The summed E-state index contributed by atoms with van der Waals surface area (Å²) >= 11 is 0. The van der Waals surface area contributed by atoms with Crippen molar-refractivity contribution in [2.45, 2.75) is 6.92 Å². The first kappa shape index (κ1) is 19.5. The highest BCUT2D eigenvalue weighted by Crippen LogP contribution is 2.21. The fraction of sp³-hybridized carbons (Fsp3) is 0.222. The Morgan fingerprint density at radius 2 is 1.65 bits per heavy atom. The topological polar surface area (TPSA) is 92.8 Å². The molecule has 2 aromatic rings. The maximum Gasteiger partial charge on any atom is 0.327 e. The number of amides is 1. The molecule has 0 aliphatic rings. The van der Waals surface area contributed by atoms with Crippen molar-refractivity contribution in [3.63, 3.8) is 0 Å². The van der Waals surface area contributed by atoms with Crippen molar-refractivity contribution in [3.05, 3.63) is 60.2 Å². The molecule has 2 rings (SSSR count). The van der Waals surface area contributed by atoms with Gasteiger partial charge in [-0.1, -0.05) is 36.4 Å². The monoisotopic (exact) mass is 376 g/mol. The largest absolute Gasteiger partial charge is 0.454 e. The molecular weight excluding hydrogens is 356 g/mol. The summed E-state index contributed by atoms with van der Waals surface area (Å²) in [6, 6.07) is 15.5. The lowest BCUT2D eigenvalue weighted by molar-refractivity contribution is -0.145. The quantitative estimate of drug-likeness (QED) is 0.746. The summed E-state index contributed by atoms with van der Waals surface area (Å²) in [6.07, 6.45) is 1.01. The minimum Gasteiger partial charge on any atom is -0.454 e. The maximum atomic E-state index is 12.0. The number of hydrogen-bond donors (Lipinski definition) is 1. The van der Waals surface area contributed by atoms with Crippen LogP contribution in [0.4, 0.5) is 11.4 Å². The standard InChI is InChI=1S/C18H20N2O5S/c1-14-8-6-7-11-16(14)20(26(2,23)24)12-18(22)25-13-17(21)19-15-9-4-3-5-10-15/h3-11H,12-13H2,1-2H3,(H,19,21). The van der Waals surface area contributed by atoms with Crippen molar-refractivity contribution in [2.24, 2.45) is 0 Å². The first-order valence-corrected chi connectivity index (χ1v) is 9.66. The minimum absolute atomic E-state index is 0.390. The molecule has 0 spiro atoms. The molecule has 0 fully saturated rings. The maximum absolute atomic E-state index is 12.0. The number of nitrogens with zero attached hydrogens (tertiary/aromatic N) is 1. The Morgan fingerprint density at radius 3 is 2.27 bits per heavy atom. The first-order valence-electron chi connectivity index (χ1n) is 7.81. The highest BCUT2D eigenvalue weighted by Gasteiger charge is 2.23. The molecule has 26 heavy (non-hydrogen) atoms. The molecule has 0 aliphatic carbocycles. The van der Waals surface area contributed by atoms with Crippen LogP contribution in [0.5, 0.6) is 0 Å². The van der Waals surface area contributed by atoms with Gasteiger partial charge in [-0.05, 0) is 30.7 Å². The van der Waals surface area contributed by atoms with Gasteiger partial charge in [0.05, 0.1) is 11.9 Å². The summed E-state index contributed by atoms with van der Waals surface area (Å²) in [6.45, 7) is 0.730. The van der Waals surface area contributed by atoms with Crippen LogP contribution in [-0.2, 0) is 24.3 Å². The molecule has 0 saturated carbocycles. The van der Waals surface area contributed by atoms with Crippen molar-refractivity contribution in [1.29, 1.82) is 0 Å². The number of hydrogen-bond acceptors (Lipinski definition) is 5. The second kappa shape index (κ2) is 8.48. The van der Waals surface area contributed by atoms with E-state index in [0.29, 0.717) is 16.9 Å². The van der Waals surface area contributed by atoms with Gasteiger partial charge in [-0.25, -0.2) is 8.42 Å². The van der Waals surface area contributed by atoms with E-state index in [2.05, 4.69) is 5.32 Å². The fourth-order valence-electron chi connectivity index (χ4n) is 2.25. The number of aryl methyl sites for hydroxylation is 1. The molecule has 0 unspecified atom stereocenters. The minimum atomic E-state index is -3.69. The molecule has 2 aromatic carbocycles. The van der Waals surface area contributed by atoms with Crippen LogP contribution in [0.3, 0.4) is 0 Å². The molecule has 0 aromatic heterocycles. The van der Waals surface area contributed by atoms with Crippen LogP contribution in [0.25, 0.3) is 0 Å². The van der Waals surface area contributed by atoms with Crippen LogP contribution in [0, 0.1) is 6.92 Å². The summed E-state index contributed by atoms with van der Waals surface area (Å²) in [5.74, 6) is -1.33. The van der Waals surface area contributed by atoms with E-state index in [9.17, 15) is 18.0 Å². The average Bonchev–Trinajstić information content (AvgIpc) is 2.59. The number of ether oxygens (including phenoxy) is 1. The number of rotatable bonds is 7. The third-order valence-electron chi connectivity index (χ3n) is 3.48. The van der Waals surface area contributed by atoms with Crippen molar-refractivity contribution in [1.82, 2.24) is 0 Å². The lowest BCUT2D eigenvalue weighted by Crippen LogP contribution is -2.37. The number of esters is 1. The van der Waals surface area contributed by atoms with E-state index in [4.69, 9.17) is 4.74 Å². The van der Waals surface area contributed by atoms with Crippen molar-refractivity contribution in [3.8, 4) is 0 Å². The first-order chi connectivity index (χ1) is 12.3. The Balaban J connectivity index is 1.98. The summed E-state index contributed by atoms with van der Waals surface area (Å²) in [4.78, 5) is 23.8. The van der Waals surface area contributed by atoms with Crippen LogP contribution >= 0.6 is 0 Å². The van der Waals surface area contributed by atoms with Gasteiger partial charge in [-0.15, -0.1) is 0 Å². The number of para-hydroxylation sites is 2. The van der Waals surface area contributed by atoms with Crippen LogP contribution in [0.2, 0.25) is 0 Å². The Hall–Kier alpha value is -2.87. The number of anilines is 2. The van der Waals surface area contributed by atoms with Crippen LogP contribution in [0.1, 0.15) is 5.56 Å². The summed E-state index contributed by atoms with van der Waals surface area (Å²) in [5.41, 5.74) is 1.67. The van der Waals surface area contributed by atoms with E-state index >= 15 is 0 Å². The van der Waals surface area contributed by atoms with Crippen molar-refractivity contribution < 1.29 is 22.7 Å². The van der Waals surface area contributed by atoms with E-state index < -0.39 is 35.1 Å². The van der Waals surface area contributed by atoms with E-state index in [1.165, 1.54) is 0 Å². The van der Waals surface area contributed by atoms with Gasteiger partial charge >= 0.3 is 5.97 Å². The molecule has 8 heteroatoms. The number of carbonyl (C=O) groups is 2. The Bertz CT molecular complexity index is 881. The second-order valence-corrected chi connectivity index (χ2v) is 7.54. The van der Waals surface area contributed by atoms with E-state index in [-0.39, 0.29) is 0 Å². The van der Waals surface area contributed by atoms with Crippen LogP contribution in [0.15, 0.2) is 54.6 Å². The lowest BCUT2D eigenvalue weighted by atomic mass is 10.2. The number of nitrogens with one attached hydrogen (secondary N) is 1. The molecule has 138 valence electrons. The Kier molecular flexibility index (Phi) is 6.35.